The van der Waals surface area contributed by atoms with Crippen molar-refractivity contribution in [2.24, 2.45) is 0 Å². The Balaban J connectivity index is 2.01. The van der Waals surface area contributed by atoms with Crippen molar-refractivity contribution in [1.82, 2.24) is 16.0 Å². The lowest BCUT2D eigenvalue weighted by atomic mass is 10.1. The molecule has 1 aromatic carbocycles. The van der Waals surface area contributed by atoms with Gasteiger partial charge in [0.05, 0.1) is 4.88 Å². The van der Waals surface area contributed by atoms with Crippen LogP contribution in [0.2, 0.25) is 0 Å². The van der Waals surface area contributed by atoms with Gasteiger partial charge in [0.15, 0.2) is 0 Å². The zero-order valence-corrected chi connectivity index (χ0v) is 14.7. The van der Waals surface area contributed by atoms with Gasteiger partial charge in [0.2, 0.25) is 6.10 Å². The first-order chi connectivity index (χ1) is 12.5. The number of hydrogen-bond donors (Lipinski definition) is 3. The number of amides is 4. The van der Waals surface area contributed by atoms with Gasteiger partial charge < -0.3 is 15.4 Å². The van der Waals surface area contributed by atoms with Gasteiger partial charge in [-0.3, -0.25) is 19.7 Å². The van der Waals surface area contributed by atoms with E-state index in [1.165, 1.54) is 18.4 Å². The van der Waals surface area contributed by atoms with Crippen LogP contribution in [0.3, 0.4) is 0 Å². The average Bonchev–Trinajstić information content (AvgIpc) is 3.19. The molecule has 9 heteroatoms. The summed E-state index contributed by atoms with van der Waals surface area (Å²) in [4.78, 5) is 47.9. The van der Waals surface area contributed by atoms with Crippen LogP contribution in [0.4, 0.5) is 4.79 Å². The van der Waals surface area contributed by atoms with E-state index in [1.807, 2.05) is 0 Å². The highest BCUT2D eigenvalue weighted by atomic mass is 32.1. The van der Waals surface area contributed by atoms with Gasteiger partial charge in [-0.1, -0.05) is 36.4 Å². The minimum atomic E-state index is -1.32. The number of carbonyl (C=O) groups is 4. The summed E-state index contributed by atoms with van der Waals surface area (Å²) < 4.78 is 5.17. The highest BCUT2D eigenvalue weighted by Crippen LogP contribution is 2.17. The first-order valence-corrected chi connectivity index (χ1v) is 8.48. The summed E-state index contributed by atoms with van der Waals surface area (Å²) in [5.41, 5.74) is 0.395. The van der Waals surface area contributed by atoms with Crippen LogP contribution in [0.5, 0.6) is 0 Å². The molecule has 0 saturated carbocycles. The van der Waals surface area contributed by atoms with Crippen molar-refractivity contribution in [2.75, 3.05) is 13.6 Å². The lowest BCUT2D eigenvalue weighted by Crippen LogP contribution is -2.42. The van der Waals surface area contributed by atoms with E-state index in [0.717, 1.165) is 0 Å². The molecule has 0 aliphatic carbocycles. The summed E-state index contributed by atoms with van der Waals surface area (Å²) in [7, 11) is 1.35. The maximum absolute atomic E-state index is 12.2. The molecule has 0 aliphatic rings. The van der Waals surface area contributed by atoms with Gasteiger partial charge in [0, 0.05) is 12.6 Å². The minimum Gasteiger partial charge on any atom is -0.446 e. The molecule has 3 N–H and O–H groups in total. The van der Waals surface area contributed by atoms with Gasteiger partial charge in [-0.05, 0) is 11.4 Å². The molecular weight excluding hydrogens is 358 g/mol. The van der Waals surface area contributed by atoms with Gasteiger partial charge in [-0.15, -0.1) is 11.3 Å². The number of imide groups is 1. The molecular formula is C17H17N3O5S. The van der Waals surface area contributed by atoms with E-state index in [9.17, 15) is 19.2 Å². The van der Waals surface area contributed by atoms with Crippen molar-refractivity contribution in [3.05, 3.63) is 58.3 Å². The number of carbonyl (C=O) groups excluding carboxylic acids is 4. The van der Waals surface area contributed by atoms with Gasteiger partial charge in [-0.2, -0.15) is 0 Å². The lowest BCUT2D eigenvalue weighted by molar-refractivity contribution is -0.155. The van der Waals surface area contributed by atoms with Crippen LogP contribution in [0.25, 0.3) is 0 Å². The molecule has 26 heavy (non-hydrogen) atoms. The molecule has 0 aliphatic heterocycles. The topological polar surface area (TPSA) is 114 Å². The van der Waals surface area contributed by atoms with Crippen molar-refractivity contribution in [1.29, 1.82) is 0 Å². The van der Waals surface area contributed by atoms with Crippen LogP contribution in [0.15, 0.2) is 47.8 Å². The standard InChI is InChI=1S/C17H17N3O5S/c1-18-17(24)20-16(23)14(11-6-3-2-4-7-11)25-13(21)10-19-15(22)12-8-5-9-26-12/h2-9,14H,10H2,1H3,(H,19,22)(H2,18,20,23,24)/t14-/m1/s1. The molecule has 0 radical (unpaired) electrons. The smallest absolute Gasteiger partial charge is 0.326 e. The Morgan fingerprint density at radius 1 is 1.08 bits per heavy atom. The largest absolute Gasteiger partial charge is 0.446 e. The Morgan fingerprint density at radius 2 is 1.81 bits per heavy atom. The van der Waals surface area contributed by atoms with Crippen LogP contribution in [-0.4, -0.2) is 37.4 Å². The molecule has 8 nitrogen and oxygen atoms in total. The molecule has 1 aromatic heterocycles. The maximum atomic E-state index is 12.2. The monoisotopic (exact) mass is 375 g/mol. The van der Waals surface area contributed by atoms with Crippen LogP contribution < -0.4 is 16.0 Å². The van der Waals surface area contributed by atoms with Gasteiger partial charge in [0.1, 0.15) is 6.54 Å². The van der Waals surface area contributed by atoms with E-state index < -0.39 is 36.5 Å². The van der Waals surface area contributed by atoms with Crippen LogP contribution in [0.1, 0.15) is 21.3 Å². The zero-order valence-electron chi connectivity index (χ0n) is 13.9. The van der Waals surface area contributed by atoms with Crippen molar-refractivity contribution in [3.63, 3.8) is 0 Å². The number of rotatable bonds is 6. The fourth-order valence-corrected chi connectivity index (χ4v) is 2.60. The fraction of sp³-hybridized carbons (Fsp3) is 0.176. The van der Waals surface area contributed by atoms with Crippen LogP contribution in [-0.2, 0) is 14.3 Å². The Morgan fingerprint density at radius 3 is 2.42 bits per heavy atom. The number of nitrogens with one attached hydrogen (secondary N) is 3. The summed E-state index contributed by atoms with van der Waals surface area (Å²) in [6, 6.07) is 10.9. The Bertz CT molecular complexity index is 777. The second kappa shape index (κ2) is 9.33. The second-order valence-electron chi connectivity index (χ2n) is 5.01. The second-order valence-corrected chi connectivity index (χ2v) is 5.96. The number of benzene rings is 1. The molecule has 0 spiro atoms. The van der Waals surface area contributed by atoms with Crippen LogP contribution >= 0.6 is 11.3 Å². The molecule has 0 unspecified atom stereocenters. The normalized spacial score (nSPS) is 11.1. The molecule has 2 rings (SSSR count). The highest BCUT2D eigenvalue weighted by Gasteiger charge is 2.26. The zero-order chi connectivity index (χ0) is 18.9. The summed E-state index contributed by atoms with van der Waals surface area (Å²) in [6.45, 7) is -0.409. The van der Waals surface area contributed by atoms with Crippen molar-refractivity contribution >= 4 is 35.2 Å². The predicted molar refractivity (Wildman–Crippen MR) is 94.5 cm³/mol. The van der Waals surface area contributed by atoms with Crippen molar-refractivity contribution < 1.29 is 23.9 Å². The molecule has 0 bridgehead atoms. The van der Waals surface area contributed by atoms with Gasteiger partial charge >= 0.3 is 12.0 Å². The molecule has 0 fully saturated rings. The fourth-order valence-electron chi connectivity index (χ4n) is 1.96. The third-order valence-corrected chi connectivity index (χ3v) is 4.06. The van der Waals surface area contributed by atoms with E-state index in [2.05, 4.69) is 16.0 Å². The molecule has 136 valence electrons. The molecule has 1 atom stereocenters. The summed E-state index contributed by atoms with van der Waals surface area (Å²) in [5, 5.41) is 8.47. The first kappa shape index (κ1) is 19.1. The third-order valence-electron chi connectivity index (χ3n) is 3.19. The van der Waals surface area contributed by atoms with Gasteiger partial charge in [0.25, 0.3) is 11.8 Å². The highest BCUT2D eigenvalue weighted by molar-refractivity contribution is 7.12. The van der Waals surface area contributed by atoms with Crippen molar-refractivity contribution in [2.45, 2.75) is 6.10 Å². The molecule has 1 heterocycles. The van der Waals surface area contributed by atoms with E-state index in [1.54, 1.807) is 47.8 Å². The molecule has 2 aromatic rings. The Labute approximate surface area is 153 Å². The van der Waals surface area contributed by atoms with Crippen molar-refractivity contribution in [3.8, 4) is 0 Å². The average molecular weight is 375 g/mol. The van der Waals surface area contributed by atoms with E-state index in [4.69, 9.17) is 4.74 Å². The van der Waals surface area contributed by atoms with E-state index >= 15 is 0 Å². The van der Waals surface area contributed by atoms with E-state index in [0.29, 0.717) is 10.4 Å². The van der Waals surface area contributed by atoms with Crippen LogP contribution in [0, 0.1) is 0 Å². The number of urea groups is 1. The number of thiophene rings is 1. The Hall–Kier alpha value is -3.20. The predicted octanol–water partition coefficient (Wildman–Crippen LogP) is 1.22. The first-order valence-electron chi connectivity index (χ1n) is 7.60. The summed E-state index contributed by atoms with van der Waals surface area (Å²) >= 11 is 1.23. The van der Waals surface area contributed by atoms with E-state index in [-0.39, 0.29) is 0 Å². The SMILES string of the molecule is CNC(=O)NC(=O)[C@H](OC(=O)CNC(=O)c1cccs1)c1ccccc1. The summed E-state index contributed by atoms with van der Waals surface area (Å²) in [5.74, 6) is -2.02. The minimum absolute atomic E-state index is 0.395. The quantitative estimate of drug-likeness (QED) is 0.657. The molecule has 0 saturated heterocycles. The molecule has 4 amide bonds. The number of esters is 1. The van der Waals surface area contributed by atoms with Gasteiger partial charge in [-0.25, -0.2) is 4.79 Å². The number of ether oxygens (including phenoxy) is 1. The Kier molecular flexibility index (Phi) is 6.86. The summed E-state index contributed by atoms with van der Waals surface area (Å²) in [6.07, 6.45) is -1.32. The number of hydrogen-bond acceptors (Lipinski definition) is 6. The maximum Gasteiger partial charge on any atom is 0.326 e. The third kappa shape index (κ3) is 5.42. The lowest BCUT2D eigenvalue weighted by Gasteiger charge is -2.17.